The molecule has 0 atom stereocenters. The van der Waals surface area contributed by atoms with Crippen LogP contribution in [0.25, 0.3) is 0 Å². The highest BCUT2D eigenvalue weighted by Crippen LogP contribution is 2.31. The zero-order valence-electron chi connectivity index (χ0n) is 13.1. The van der Waals surface area contributed by atoms with Gasteiger partial charge in [0.15, 0.2) is 5.75 Å². The van der Waals surface area contributed by atoms with E-state index in [2.05, 4.69) is 31.9 Å². The molecule has 0 unspecified atom stereocenters. The third-order valence-corrected chi connectivity index (χ3v) is 4.89. The lowest BCUT2D eigenvalue weighted by molar-refractivity contribution is 0.300. The average molecular weight is 467 g/mol. The van der Waals surface area contributed by atoms with Gasteiger partial charge in [0.25, 0.3) is 5.56 Å². The summed E-state index contributed by atoms with van der Waals surface area (Å²) in [4.78, 5) is 12.6. The van der Waals surface area contributed by atoms with Crippen LogP contribution in [0.4, 0.5) is 4.39 Å². The van der Waals surface area contributed by atoms with Gasteiger partial charge in [-0.3, -0.25) is 4.79 Å². The number of pyridine rings is 1. The Morgan fingerprint density at radius 2 is 1.64 bits per heavy atom. The monoisotopic (exact) mass is 465 g/mol. The summed E-state index contributed by atoms with van der Waals surface area (Å²) in [6.45, 7) is 0.703. The lowest BCUT2D eigenvalue weighted by Gasteiger charge is -2.13. The van der Waals surface area contributed by atoms with Crippen molar-refractivity contribution in [1.29, 1.82) is 0 Å². The standard InChI is InChI=1S/C19H14Br2FNO2/c20-16-11-23(10-13-6-8-15(22)9-7-13)19(24)17(21)18(16)25-12-14-4-2-1-3-5-14/h1-9,11H,10,12H2. The van der Waals surface area contributed by atoms with Gasteiger partial charge >= 0.3 is 0 Å². The predicted octanol–water partition coefficient (Wildman–Crippen LogP) is 5.14. The Morgan fingerprint density at radius 3 is 2.32 bits per heavy atom. The number of benzene rings is 2. The van der Waals surface area contributed by atoms with E-state index in [1.807, 2.05) is 30.3 Å². The van der Waals surface area contributed by atoms with Gasteiger partial charge in [0.2, 0.25) is 0 Å². The van der Waals surface area contributed by atoms with Crippen LogP contribution in [0.15, 0.2) is 74.5 Å². The second-order valence-electron chi connectivity index (χ2n) is 5.45. The zero-order valence-corrected chi connectivity index (χ0v) is 16.3. The first-order valence-electron chi connectivity index (χ1n) is 7.54. The molecule has 3 aromatic rings. The van der Waals surface area contributed by atoms with Crippen LogP contribution in [0.3, 0.4) is 0 Å². The summed E-state index contributed by atoms with van der Waals surface area (Å²) in [6.07, 6.45) is 1.68. The molecule has 128 valence electrons. The van der Waals surface area contributed by atoms with Crippen LogP contribution in [0.1, 0.15) is 11.1 Å². The van der Waals surface area contributed by atoms with Crippen LogP contribution in [0.2, 0.25) is 0 Å². The molecule has 0 saturated carbocycles. The lowest BCUT2D eigenvalue weighted by Crippen LogP contribution is -2.22. The summed E-state index contributed by atoms with van der Waals surface area (Å²) in [6, 6.07) is 15.8. The van der Waals surface area contributed by atoms with Gasteiger partial charge in [0.05, 0.1) is 11.0 Å². The summed E-state index contributed by atoms with van der Waals surface area (Å²) < 4.78 is 21.4. The predicted molar refractivity (Wildman–Crippen MR) is 102 cm³/mol. The number of rotatable bonds is 5. The minimum Gasteiger partial charge on any atom is -0.486 e. The molecule has 0 amide bonds. The van der Waals surface area contributed by atoms with Crippen molar-refractivity contribution < 1.29 is 9.13 Å². The molecular weight excluding hydrogens is 453 g/mol. The lowest BCUT2D eigenvalue weighted by atomic mass is 10.2. The number of aromatic nitrogens is 1. The van der Waals surface area contributed by atoms with Crippen LogP contribution in [-0.4, -0.2) is 4.57 Å². The highest BCUT2D eigenvalue weighted by molar-refractivity contribution is 9.11. The van der Waals surface area contributed by atoms with E-state index in [1.54, 1.807) is 18.3 Å². The first-order valence-corrected chi connectivity index (χ1v) is 9.13. The smallest absolute Gasteiger partial charge is 0.269 e. The molecule has 0 N–H and O–H groups in total. The van der Waals surface area contributed by atoms with E-state index >= 15 is 0 Å². The van der Waals surface area contributed by atoms with E-state index in [4.69, 9.17) is 4.74 Å². The van der Waals surface area contributed by atoms with Gasteiger partial charge in [-0.1, -0.05) is 42.5 Å². The molecule has 0 fully saturated rings. The van der Waals surface area contributed by atoms with Gasteiger partial charge < -0.3 is 9.30 Å². The number of hydrogen-bond acceptors (Lipinski definition) is 2. The number of hydrogen-bond donors (Lipinski definition) is 0. The summed E-state index contributed by atoms with van der Waals surface area (Å²) in [5.41, 5.74) is 1.63. The highest BCUT2D eigenvalue weighted by Gasteiger charge is 2.14. The molecule has 1 aromatic heterocycles. The van der Waals surface area contributed by atoms with Crippen molar-refractivity contribution in [3.63, 3.8) is 0 Å². The van der Waals surface area contributed by atoms with Crippen LogP contribution in [-0.2, 0) is 13.2 Å². The SMILES string of the molecule is O=c1c(Br)c(OCc2ccccc2)c(Br)cn1Cc1ccc(F)cc1. The second kappa shape index (κ2) is 7.97. The average Bonchev–Trinajstić information content (AvgIpc) is 2.62. The Bertz CT molecular complexity index is 925. The van der Waals surface area contributed by atoms with E-state index in [9.17, 15) is 9.18 Å². The molecule has 0 aliphatic carbocycles. The fourth-order valence-electron chi connectivity index (χ4n) is 2.35. The Labute approximate surface area is 161 Å². The van der Waals surface area contributed by atoms with Crippen LogP contribution in [0.5, 0.6) is 5.75 Å². The molecule has 25 heavy (non-hydrogen) atoms. The molecule has 0 aliphatic heterocycles. The summed E-state index contributed by atoms with van der Waals surface area (Å²) in [7, 11) is 0. The van der Waals surface area contributed by atoms with Crippen LogP contribution >= 0.6 is 31.9 Å². The quantitative estimate of drug-likeness (QED) is 0.521. The molecule has 3 nitrogen and oxygen atoms in total. The van der Waals surface area contributed by atoms with Crippen LogP contribution in [0, 0.1) is 5.82 Å². The summed E-state index contributed by atoms with van der Waals surface area (Å²) >= 11 is 6.79. The van der Waals surface area contributed by atoms with Gasteiger partial charge in [-0.05, 0) is 55.1 Å². The second-order valence-corrected chi connectivity index (χ2v) is 7.10. The number of halogens is 3. The van der Waals surface area contributed by atoms with Gasteiger partial charge in [-0.2, -0.15) is 0 Å². The van der Waals surface area contributed by atoms with E-state index in [0.29, 0.717) is 27.8 Å². The molecule has 0 bridgehead atoms. The Kier molecular flexibility index (Phi) is 5.71. The summed E-state index contributed by atoms with van der Waals surface area (Å²) in [5, 5.41) is 0. The maximum absolute atomic E-state index is 13.0. The number of ether oxygens (including phenoxy) is 1. The summed E-state index contributed by atoms with van der Waals surface area (Å²) in [5.74, 6) is 0.160. The van der Waals surface area contributed by atoms with Crippen molar-refractivity contribution >= 4 is 31.9 Å². The molecule has 0 spiro atoms. The van der Waals surface area contributed by atoms with E-state index < -0.39 is 0 Å². The van der Waals surface area contributed by atoms with E-state index in [1.165, 1.54) is 16.7 Å². The minimum atomic E-state index is -0.303. The Balaban J connectivity index is 1.83. The Morgan fingerprint density at radius 1 is 0.960 bits per heavy atom. The van der Waals surface area contributed by atoms with Crippen molar-refractivity contribution in [3.8, 4) is 5.75 Å². The maximum atomic E-state index is 13.0. The zero-order chi connectivity index (χ0) is 17.8. The Hall–Kier alpha value is -1.92. The highest BCUT2D eigenvalue weighted by atomic mass is 79.9. The fourth-order valence-corrected chi connectivity index (χ4v) is 3.73. The third-order valence-electron chi connectivity index (χ3n) is 3.63. The van der Waals surface area contributed by atoms with Gasteiger partial charge in [0.1, 0.15) is 16.9 Å². The molecule has 2 aromatic carbocycles. The van der Waals surface area contributed by atoms with Crippen molar-refractivity contribution in [2.45, 2.75) is 13.2 Å². The first-order chi connectivity index (χ1) is 12.0. The molecule has 3 rings (SSSR count). The number of nitrogens with zero attached hydrogens (tertiary/aromatic N) is 1. The van der Waals surface area contributed by atoms with Crippen molar-refractivity contribution in [2.75, 3.05) is 0 Å². The van der Waals surface area contributed by atoms with Gasteiger partial charge in [-0.25, -0.2) is 4.39 Å². The van der Waals surface area contributed by atoms with Crippen molar-refractivity contribution in [2.24, 2.45) is 0 Å². The fraction of sp³-hybridized carbons (Fsp3) is 0.105. The maximum Gasteiger partial charge on any atom is 0.269 e. The van der Waals surface area contributed by atoms with E-state index in [0.717, 1.165) is 11.1 Å². The first kappa shape index (κ1) is 17.9. The normalized spacial score (nSPS) is 10.7. The van der Waals surface area contributed by atoms with Gasteiger partial charge in [0, 0.05) is 6.20 Å². The molecular formula is C19H14Br2FNO2. The topological polar surface area (TPSA) is 31.2 Å². The molecule has 0 saturated heterocycles. The van der Waals surface area contributed by atoms with Gasteiger partial charge in [-0.15, -0.1) is 0 Å². The third kappa shape index (κ3) is 4.38. The van der Waals surface area contributed by atoms with E-state index in [-0.39, 0.29) is 11.4 Å². The molecule has 0 radical (unpaired) electrons. The largest absolute Gasteiger partial charge is 0.486 e. The van der Waals surface area contributed by atoms with Crippen LogP contribution < -0.4 is 10.3 Å². The van der Waals surface area contributed by atoms with Crippen molar-refractivity contribution in [1.82, 2.24) is 4.57 Å². The molecule has 0 aliphatic rings. The molecule has 1 heterocycles. The molecule has 6 heteroatoms. The minimum absolute atomic E-state index is 0.212. The van der Waals surface area contributed by atoms with Crippen molar-refractivity contribution in [3.05, 3.63) is 97.0 Å².